The highest BCUT2D eigenvalue weighted by atomic mass is 32.1. The summed E-state index contributed by atoms with van der Waals surface area (Å²) in [5.41, 5.74) is 0. The van der Waals surface area contributed by atoms with Gasteiger partial charge in [-0.15, -0.1) is 11.3 Å². The Kier molecular flexibility index (Phi) is 5.82. The van der Waals surface area contributed by atoms with Gasteiger partial charge in [-0.25, -0.2) is 0 Å². The van der Waals surface area contributed by atoms with Crippen LogP contribution in [0.4, 0.5) is 0 Å². The van der Waals surface area contributed by atoms with Gasteiger partial charge in [0, 0.05) is 61.6 Å². The Morgan fingerprint density at radius 2 is 1.95 bits per heavy atom. The molecule has 0 amide bonds. The molecule has 19 heavy (non-hydrogen) atoms. The lowest BCUT2D eigenvalue weighted by Crippen LogP contribution is -2.50. The Hall–Kier alpha value is -0.420. The summed E-state index contributed by atoms with van der Waals surface area (Å²) in [4.78, 5) is 7.99. The monoisotopic (exact) mass is 281 g/mol. The quantitative estimate of drug-likeness (QED) is 0.806. The molecule has 0 spiro atoms. The van der Waals surface area contributed by atoms with Gasteiger partial charge in [0.1, 0.15) is 0 Å². The fourth-order valence-electron chi connectivity index (χ4n) is 2.53. The van der Waals surface area contributed by atoms with Crippen LogP contribution in [0.2, 0.25) is 0 Å². The van der Waals surface area contributed by atoms with Crippen LogP contribution in [0, 0.1) is 6.92 Å². The van der Waals surface area contributed by atoms with Gasteiger partial charge in [0.2, 0.25) is 0 Å². The first-order valence-electron chi connectivity index (χ1n) is 7.37. The van der Waals surface area contributed by atoms with Gasteiger partial charge in [-0.1, -0.05) is 0 Å². The lowest BCUT2D eigenvalue weighted by Gasteiger charge is -2.36. The lowest BCUT2D eigenvalue weighted by molar-refractivity contribution is 0.109. The van der Waals surface area contributed by atoms with E-state index in [0.29, 0.717) is 6.04 Å². The molecule has 0 bridgehead atoms. The fraction of sp³-hybridized carbons (Fsp3) is 0.733. The number of hydrogen-bond acceptors (Lipinski definition) is 4. The second-order valence-electron chi connectivity index (χ2n) is 5.66. The van der Waals surface area contributed by atoms with Crippen LogP contribution in [-0.2, 0) is 6.54 Å². The third-order valence-corrected chi connectivity index (χ3v) is 4.84. The maximum absolute atomic E-state index is 3.55. The van der Waals surface area contributed by atoms with Crippen LogP contribution >= 0.6 is 11.3 Å². The second-order valence-corrected chi connectivity index (χ2v) is 7.03. The average molecular weight is 281 g/mol. The molecule has 1 N–H and O–H groups in total. The number of nitrogens with zero attached hydrogens (tertiary/aromatic N) is 2. The van der Waals surface area contributed by atoms with Gasteiger partial charge in [-0.2, -0.15) is 0 Å². The van der Waals surface area contributed by atoms with Crippen molar-refractivity contribution in [2.24, 2.45) is 0 Å². The minimum atomic E-state index is 0.697. The molecule has 4 heteroatoms. The van der Waals surface area contributed by atoms with Crippen molar-refractivity contribution >= 4 is 11.3 Å². The SMILES string of the molecule is Cc1ccc(CNCCN2CCN(C(C)C)CC2)s1. The molecule has 3 nitrogen and oxygen atoms in total. The summed E-state index contributed by atoms with van der Waals surface area (Å²) in [5.74, 6) is 0. The third-order valence-electron chi connectivity index (χ3n) is 3.84. The van der Waals surface area contributed by atoms with E-state index in [4.69, 9.17) is 0 Å². The number of nitrogens with one attached hydrogen (secondary N) is 1. The lowest BCUT2D eigenvalue weighted by atomic mass is 10.2. The summed E-state index contributed by atoms with van der Waals surface area (Å²) in [6, 6.07) is 5.13. The smallest absolute Gasteiger partial charge is 0.0300 e. The van der Waals surface area contributed by atoms with E-state index in [0.717, 1.165) is 13.1 Å². The van der Waals surface area contributed by atoms with Crippen molar-refractivity contribution in [2.45, 2.75) is 33.4 Å². The molecule has 108 valence electrons. The normalized spacial score (nSPS) is 18.3. The van der Waals surface area contributed by atoms with Gasteiger partial charge >= 0.3 is 0 Å². The molecule has 1 aromatic heterocycles. The molecule has 0 aliphatic carbocycles. The first-order valence-corrected chi connectivity index (χ1v) is 8.19. The maximum Gasteiger partial charge on any atom is 0.0300 e. The molecule has 2 heterocycles. The number of aryl methyl sites for hydroxylation is 1. The standard InChI is InChI=1S/C15H27N3S/c1-13(2)18-10-8-17(9-11-18)7-6-16-12-15-5-4-14(3)19-15/h4-5,13,16H,6-12H2,1-3H3. The van der Waals surface area contributed by atoms with Crippen molar-refractivity contribution in [3.8, 4) is 0 Å². The highest BCUT2D eigenvalue weighted by molar-refractivity contribution is 7.11. The first-order chi connectivity index (χ1) is 9.15. The summed E-state index contributed by atoms with van der Waals surface area (Å²) in [6.07, 6.45) is 0. The van der Waals surface area contributed by atoms with Gasteiger partial charge in [-0.05, 0) is 32.9 Å². The molecule has 0 aromatic carbocycles. The van der Waals surface area contributed by atoms with Crippen molar-refractivity contribution in [3.63, 3.8) is 0 Å². The zero-order valence-electron chi connectivity index (χ0n) is 12.5. The number of hydrogen-bond donors (Lipinski definition) is 1. The van der Waals surface area contributed by atoms with E-state index in [1.165, 1.54) is 42.5 Å². The van der Waals surface area contributed by atoms with E-state index in [9.17, 15) is 0 Å². The van der Waals surface area contributed by atoms with E-state index < -0.39 is 0 Å². The summed E-state index contributed by atoms with van der Waals surface area (Å²) < 4.78 is 0. The predicted molar refractivity (Wildman–Crippen MR) is 83.9 cm³/mol. The Balaban J connectivity index is 1.57. The molecule has 1 aliphatic rings. The Morgan fingerprint density at radius 3 is 2.53 bits per heavy atom. The zero-order chi connectivity index (χ0) is 13.7. The number of thiophene rings is 1. The Morgan fingerprint density at radius 1 is 1.21 bits per heavy atom. The van der Waals surface area contributed by atoms with Crippen molar-refractivity contribution in [1.82, 2.24) is 15.1 Å². The molecule has 0 unspecified atom stereocenters. The molecule has 0 radical (unpaired) electrons. The van der Waals surface area contributed by atoms with Gasteiger partial charge in [0.15, 0.2) is 0 Å². The molecule has 1 aromatic rings. The molecule has 0 atom stereocenters. The molecule has 0 saturated carbocycles. The van der Waals surface area contributed by atoms with E-state index in [2.05, 4.69) is 48.0 Å². The van der Waals surface area contributed by atoms with E-state index in [1.807, 2.05) is 11.3 Å². The highest BCUT2D eigenvalue weighted by Crippen LogP contribution is 2.14. The Labute approximate surface area is 121 Å². The van der Waals surface area contributed by atoms with Crippen molar-refractivity contribution < 1.29 is 0 Å². The van der Waals surface area contributed by atoms with Crippen molar-refractivity contribution in [3.05, 3.63) is 21.9 Å². The van der Waals surface area contributed by atoms with Crippen LogP contribution in [0.15, 0.2) is 12.1 Å². The Bertz CT molecular complexity index is 367. The molecule has 1 fully saturated rings. The van der Waals surface area contributed by atoms with Crippen LogP contribution in [-0.4, -0.2) is 55.1 Å². The summed E-state index contributed by atoms with van der Waals surface area (Å²) in [7, 11) is 0. The van der Waals surface area contributed by atoms with E-state index >= 15 is 0 Å². The first kappa shape index (κ1) is 15.0. The fourth-order valence-corrected chi connectivity index (χ4v) is 3.39. The summed E-state index contributed by atoms with van der Waals surface area (Å²) in [5, 5.41) is 3.55. The molecule has 2 rings (SSSR count). The van der Waals surface area contributed by atoms with Crippen molar-refractivity contribution in [2.75, 3.05) is 39.3 Å². The zero-order valence-corrected chi connectivity index (χ0v) is 13.3. The molecular formula is C15H27N3S. The van der Waals surface area contributed by atoms with Gasteiger partial charge in [-0.3, -0.25) is 9.80 Å². The number of piperazine rings is 1. The molecule has 1 aliphatic heterocycles. The topological polar surface area (TPSA) is 18.5 Å². The largest absolute Gasteiger partial charge is 0.311 e. The van der Waals surface area contributed by atoms with Crippen molar-refractivity contribution in [1.29, 1.82) is 0 Å². The third kappa shape index (κ3) is 4.88. The summed E-state index contributed by atoms with van der Waals surface area (Å²) >= 11 is 1.89. The second kappa shape index (κ2) is 7.39. The van der Waals surface area contributed by atoms with Gasteiger partial charge < -0.3 is 5.32 Å². The molecular weight excluding hydrogens is 254 g/mol. The highest BCUT2D eigenvalue weighted by Gasteiger charge is 2.17. The average Bonchev–Trinajstić information content (AvgIpc) is 2.81. The summed E-state index contributed by atoms with van der Waals surface area (Å²) in [6.45, 7) is 14.9. The van der Waals surface area contributed by atoms with Gasteiger partial charge in [0.05, 0.1) is 0 Å². The maximum atomic E-state index is 3.55. The minimum Gasteiger partial charge on any atom is -0.311 e. The molecule has 1 saturated heterocycles. The van der Waals surface area contributed by atoms with Gasteiger partial charge in [0.25, 0.3) is 0 Å². The van der Waals surface area contributed by atoms with Crippen LogP contribution in [0.25, 0.3) is 0 Å². The minimum absolute atomic E-state index is 0.697. The van der Waals surface area contributed by atoms with E-state index in [-0.39, 0.29) is 0 Å². The predicted octanol–water partition coefficient (Wildman–Crippen LogP) is 2.17. The number of rotatable bonds is 6. The van der Waals surface area contributed by atoms with Crippen LogP contribution < -0.4 is 5.32 Å². The van der Waals surface area contributed by atoms with E-state index in [1.54, 1.807) is 0 Å². The van der Waals surface area contributed by atoms with Crippen LogP contribution in [0.1, 0.15) is 23.6 Å². The van der Waals surface area contributed by atoms with Crippen LogP contribution in [0.5, 0.6) is 0 Å². The van der Waals surface area contributed by atoms with Crippen LogP contribution in [0.3, 0.4) is 0 Å².